The number of carbonyl (C=O) groups is 2. The standard InChI is InChI=1S/C13H12F3NO4/c14-13(15,16)9-3-1-2-8(6-9)11(18)17-4-5-21-10(7-17)12(19)20/h1-3,6,10H,4-5,7H2,(H,19,20). The molecule has 1 aliphatic heterocycles. The van der Waals surface area contributed by atoms with Gasteiger partial charge in [-0.1, -0.05) is 6.07 Å². The minimum atomic E-state index is -4.54. The highest BCUT2D eigenvalue weighted by Gasteiger charge is 2.33. The summed E-state index contributed by atoms with van der Waals surface area (Å²) in [7, 11) is 0. The third-order valence-electron chi connectivity index (χ3n) is 3.07. The van der Waals surface area contributed by atoms with Gasteiger partial charge < -0.3 is 14.7 Å². The van der Waals surface area contributed by atoms with Crippen molar-refractivity contribution in [3.63, 3.8) is 0 Å². The summed E-state index contributed by atoms with van der Waals surface area (Å²) in [5.41, 5.74) is -1.05. The van der Waals surface area contributed by atoms with Gasteiger partial charge in [-0.05, 0) is 18.2 Å². The topological polar surface area (TPSA) is 66.8 Å². The van der Waals surface area contributed by atoms with E-state index >= 15 is 0 Å². The van der Waals surface area contributed by atoms with E-state index in [0.29, 0.717) is 0 Å². The van der Waals surface area contributed by atoms with Crippen molar-refractivity contribution in [1.82, 2.24) is 4.90 Å². The molecule has 2 rings (SSSR count). The first-order valence-electron chi connectivity index (χ1n) is 6.10. The van der Waals surface area contributed by atoms with Crippen LogP contribution in [0.25, 0.3) is 0 Å². The van der Waals surface area contributed by atoms with Crippen LogP contribution in [-0.4, -0.2) is 47.7 Å². The molecule has 0 saturated carbocycles. The Morgan fingerprint density at radius 1 is 1.33 bits per heavy atom. The highest BCUT2D eigenvalue weighted by Crippen LogP contribution is 2.29. The lowest BCUT2D eigenvalue weighted by atomic mass is 10.1. The fourth-order valence-electron chi connectivity index (χ4n) is 1.99. The average Bonchev–Trinajstić information content (AvgIpc) is 2.46. The molecule has 1 heterocycles. The van der Waals surface area contributed by atoms with Gasteiger partial charge in [-0.25, -0.2) is 4.79 Å². The normalized spacial score (nSPS) is 19.4. The molecule has 114 valence electrons. The quantitative estimate of drug-likeness (QED) is 0.902. The highest BCUT2D eigenvalue weighted by molar-refractivity contribution is 5.94. The van der Waals surface area contributed by atoms with Crippen molar-refractivity contribution in [2.24, 2.45) is 0 Å². The number of carboxylic acid groups (broad SMARTS) is 1. The molecule has 0 aromatic heterocycles. The lowest BCUT2D eigenvalue weighted by Crippen LogP contribution is -2.48. The smallest absolute Gasteiger partial charge is 0.416 e. The molecule has 1 aromatic carbocycles. The number of hydrogen-bond donors (Lipinski definition) is 1. The van der Waals surface area contributed by atoms with E-state index in [2.05, 4.69) is 0 Å². The van der Waals surface area contributed by atoms with Crippen LogP contribution in [0.1, 0.15) is 15.9 Å². The predicted molar refractivity (Wildman–Crippen MR) is 64.7 cm³/mol. The minimum Gasteiger partial charge on any atom is -0.479 e. The molecule has 1 saturated heterocycles. The van der Waals surface area contributed by atoms with Crippen LogP contribution in [0.2, 0.25) is 0 Å². The molecule has 0 radical (unpaired) electrons. The second kappa shape index (κ2) is 5.72. The van der Waals surface area contributed by atoms with Gasteiger partial charge in [-0.2, -0.15) is 13.2 Å². The number of rotatable bonds is 2. The van der Waals surface area contributed by atoms with Gasteiger partial charge in [-0.15, -0.1) is 0 Å². The Bertz CT molecular complexity index is 559. The van der Waals surface area contributed by atoms with Crippen molar-refractivity contribution in [2.45, 2.75) is 12.3 Å². The highest BCUT2D eigenvalue weighted by atomic mass is 19.4. The van der Waals surface area contributed by atoms with Gasteiger partial charge >= 0.3 is 12.1 Å². The average molecular weight is 303 g/mol. The van der Waals surface area contributed by atoms with Crippen molar-refractivity contribution in [3.05, 3.63) is 35.4 Å². The van der Waals surface area contributed by atoms with E-state index < -0.39 is 29.7 Å². The summed E-state index contributed by atoms with van der Waals surface area (Å²) < 4.78 is 42.8. The lowest BCUT2D eigenvalue weighted by molar-refractivity contribution is -0.154. The molecule has 8 heteroatoms. The Morgan fingerprint density at radius 2 is 2.05 bits per heavy atom. The Labute approximate surface area is 117 Å². The van der Waals surface area contributed by atoms with Crippen LogP contribution in [0.4, 0.5) is 13.2 Å². The van der Waals surface area contributed by atoms with E-state index in [-0.39, 0.29) is 25.3 Å². The van der Waals surface area contributed by atoms with Gasteiger partial charge in [0, 0.05) is 12.1 Å². The van der Waals surface area contributed by atoms with Crippen molar-refractivity contribution < 1.29 is 32.6 Å². The number of hydrogen-bond acceptors (Lipinski definition) is 3. The van der Waals surface area contributed by atoms with E-state index in [9.17, 15) is 22.8 Å². The summed E-state index contributed by atoms with van der Waals surface area (Å²) in [6.07, 6.45) is -5.70. The number of carboxylic acids is 1. The number of aliphatic carboxylic acids is 1. The van der Waals surface area contributed by atoms with Crippen LogP contribution in [-0.2, 0) is 15.7 Å². The molecule has 5 nitrogen and oxygen atoms in total. The molecule has 1 N–H and O–H groups in total. The third-order valence-corrected chi connectivity index (χ3v) is 3.07. The molecule has 1 fully saturated rings. The molecule has 0 bridgehead atoms. The van der Waals surface area contributed by atoms with E-state index in [0.717, 1.165) is 18.2 Å². The zero-order chi connectivity index (χ0) is 15.6. The van der Waals surface area contributed by atoms with Crippen molar-refractivity contribution in [1.29, 1.82) is 0 Å². The van der Waals surface area contributed by atoms with Gasteiger partial charge in [0.05, 0.1) is 18.7 Å². The molecule has 1 atom stereocenters. The van der Waals surface area contributed by atoms with Crippen LogP contribution >= 0.6 is 0 Å². The number of nitrogens with zero attached hydrogens (tertiary/aromatic N) is 1. The van der Waals surface area contributed by atoms with E-state index in [4.69, 9.17) is 9.84 Å². The maximum absolute atomic E-state index is 12.6. The summed E-state index contributed by atoms with van der Waals surface area (Å²) in [5.74, 6) is -1.85. The number of ether oxygens (including phenoxy) is 1. The molecule has 21 heavy (non-hydrogen) atoms. The molecule has 1 aliphatic rings. The van der Waals surface area contributed by atoms with E-state index in [1.165, 1.54) is 11.0 Å². The number of amides is 1. The van der Waals surface area contributed by atoms with Crippen LogP contribution in [0.15, 0.2) is 24.3 Å². The summed E-state index contributed by atoms with van der Waals surface area (Å²) in [6, 6.07) is 4.04. The SMILES string of the molecule is O=C(O)C1CN(C(=O)c2cccc(C(F)(F)F)c2)CCO1. The first kappa shape index (κ1) is 15.3. The Kier molecular flexibility index (Phi) is 4.17. The lowest BCUT2D eigenvalue weighted by Gasteiger charge is -2.31. The van der Waals surface area contributed by atoms with E-state index in [1.54, 1.807) is 0 Å². The summed E-state index contributed by atoms with van der Waals surface area (Å²) in [4.78, 5) is 24.2. The van der Waals surface area contributed by atoms with Gasteiger partial charge in [0.15, 0.2) is 6.10 Å². The molecule has 0 aliphatic carbocycles. The molecule has 0 spiro atoms. The fourth-order valence-corrected chi connectivity index (χ4v) is 1.99. The molecular weight excluding hydrogens is 291 g/mol. The maximum Gasteiger partial charge on any atom is 0.416 e. The monoisotopic (exact) mass is 303 g/mol. The third kappa shape index (κ3) is 3.52. The van der Waals surface area contributed by atoms with Crippen LogP contribution < -0.4 is 0 Å². The van der Waals surface area contributed by atoms with Crippen molar-refractivity contribution >= 4 is 11.9 Å². The van der Waals surface area contributed by atoms with Crippen LogP contribution in [0, 0.1) is 0 Å². The maximum atomic E-state index is 12.6. The molecular formula is C13H12F3NO4. The van der Waals surface area contributed by atoms with Gasteiger partial charge in [0.2, 0.25) is 0 Å². The number of morpholine rings is 1. The number of benzene rings is 1. The summed E-state index contributed by atoms with van der Waals surface area (Å²) >= 11 is 0. The van der Waals surface area contributed by atoms with Gasteiger partial charge in [0.25, 0.3) is 5.91 Å². The zero-order valence-corrected chi connectivity index (χ0v) is 10.8. The Hall–Kier alpha value is -2.09. The molecule has 1 unspecified atom stereocenters. The minimum absolute atomic E-state index is 0.0294. The Balaban J connectivity index is 2.18. The van der Waals surface area contributed by atoms with Crippen LogP contribution in [0.3, 0.4) is 0 Å². The van der Waals surface area contributed by atoms with Gasteiger partial charge in [0.1, 0.15) is 0 Å². The van der Waals surface area contributed by atoms with Crippen molar-refractivity contribution in [2.75, 3.05) is 19.7 Å². The molecule has 1 amide bonds. The second-order valence-corrected chi connectivity index (χ2v) is 4.53. The zero-order valence-electron chi connectivity index (χ0n) is 10.8. The van der Waals surface area contributed by atoms with E-state index in [1.807, 2.05) is 0 Å². The number of carbonyl (C=O) groups excluding carboxylic acids is 1. The summed E-state index contributed by atoms with van der Waals surface area (Å²) in [6.45, 7) is -0.0229. The number of alkyl halides is 3. The first-order valence-corrected chi connectivity index (χ1v) is 6.10. The van der Waals surface area contributed by atoms with Gasteiger partial charge in [-0.3, -0.25) is 4.79 Å². The number of halogens is 3. The fraction of sp³-hybridized carbons (Fsp3) is 0.385. The predicted octanol–water partition coefficient (Wildman–Crippen LogP) is 1.63. The van der Waals surface area contributed by atoms with Crippen molar-refractivity contribution in [3.8, 4) is 0 Å². The molecule has 1 aromatic rings. The largest absolute Gasteiger partial charge is 0.479 e. The summed E-state index contributed by atoms with van der Waals surface area (Å²) in [5, 5.41) is 8.85. The second-order valence-electron chi connectivity index (χ2n) is 4.53. The van der Waals surface area contributed by atoms with Crippen LogP contribution in [0.5, 0.6) is 0 Å². The first-order chi connectivity index (χ1) is 9.79. The Morgan fingerprint density at radius 3 is 2.67 bits per heavy atom.